The van der Waals surface area contributed by atoms with Crippen LogP contribution < -0.4 is 0 Å². The lowest BCUT2D eigenvalue weighted by molar-refractivity contribution is -0.384. The molecule has 7 heteroatoms. The standard InChI is InChI=1S/C14H16N2O5/c1-8-5-6-15(12(8)14(18)19)13(17)11-4-3-10(16(20)21)7-9(11)2/h3-4,7-8,12H,5-6H2,1-2H3,(H,18,19). The molecule has 0 spiro atoms. The van der Waals surface area contributed by atoms with Crippen molar-refractivity contribution in [2.45, 2.75) is 26.3 Å². The van der Waals surface area contributed by atoms with E-state index in [9.17, 15) is 24.8 Å². The van der Waals surface area contributed by atoms with Crippen LogP contribution in [-0.2, 0) is 4.79 Å². The zero-order valence-corrected chi connectivity index (χ0v) is 11.8. The van der Waals surface area contributed by atoms with Crippen LogP contribution in [0.15, 0.2) is 18.2 Å². The first kappa shape index (κ1) is 15.0. The van der Waals surface area contributed by atoms with Crippen molar-refractivity contribution in [3.8, 4) is 0 Å². The third-order valence-electron chi connectivity index (χ3n) is 3.87. The number of aliphatic carboxylic acids is 1. The molecule has 1 aromatic rings. The summed E-state index contributed by atoms with van der Waals surface area (Å²) in [7, 11) is 0. The molecule has 1 saturated heterocycles. The van der Waals surface area contributed by atoms with E-state index in [-0.39, 0.29) is 17.5 Å². The van der Waals surface area contributed by atoms with Crippen LogP contribution in [0.25, 0.3) is 0 Å². The number of carboxylic acid groups (broad SMARTS) is 1. The van der Waals surface area contributed by atoms with Gasteiger partial charge >= 0.3 is 5.97 Å². The average molecular weight is 292 g/mol. The van der Waals surface area contributed by atoms with Gasteiger partial charge < -0.3 is 10.0 Å². The number of carboxylic acids is 1. The van der Waals surface area contributed by atoms with E-state index in [0.717, 1.165) is 0 Å². The Morgan fingerprint density at radius 3 is 2.62 bits per heavy atom. The molecule has 0 aliphatic carbocycles. The number of carbonyl (C=O) groups excluding carboxylic acids is 1. The van der Waals surface area contributed by atoms with Crippen molar-refractivity contribution < 1.29 is 19.6 Å². The van der Waals surface area contributed by atoms with E-state index < -0.39 is 16.9 Å². The first-order valence-corrected chi connectivity index (χ1v) is 6.61. The Balaban J connectivity index is 2.32. The van der Waals surface area contributed by atoms with Gasteiger partial charge in [-0.05, 0) is 30.9 Å². The van der Waals surface area contributed by atoms with Gasteiger partial charge in [-0.25, -0.2) is 4.79 Å². The van der Waals surface area contributed by atoms with Gasteiger partial charge in [0.25, 0.3) is 11.6 Å². The number of benzene rings is 1. The van der Waals surface area contributed by atoms with Crippen LogP contribution in [0.5, 0.6) is 0 Å². The van der Waals surface area contributed by atoms with Gasteiger partial charge in [0.1, 0.15) is 6.04 Å². The monoisotopic (exact) mass is 292 g/mol. The number of nitro groups is 1. The van der Waals surface area contributed by atoms with Crippen LogP contribution in [0.4, 0.5) is 5.69 Å². The van der Waals surface area contributed by atoms with E-state index in [0.29, 0.717) is 24.1 Å². The van der Waals surface area contributed by atoms with Gasteiger partial charge in [-0.3, -0.25) is 14.9 Å². The Hall–Kier alpha value is -2.44. The molecule has 1 fully saturated rings. The maximum atomic E-state index is 12.5. The minimum Gasteiger partial charge on any atom is -0.480 e. The number of hydrogen-bond acceptors (Lipinski definition) is 4. The highest BCUT2D eigenvalue weighted by atomic mass is 16.6. The molecular formula is C14H16N2O5. The molecule has 2 rings (SSSR count). The number of likely N-dealkylation sites (tertiary alicyclic amines) is 1. The van der Waals surface area contributed by atoms with Crippen LogP contribution in [0.2, 0.25) is 0 Å². The highest BCUT2D eigenvalue weighted by Gasteiger charge is 2.40. The van der Waals surface area contributed by atoms with Crippen LogP contribution in [-0.4, -0.2) is 39.4 Å². The second-order valence-corrected chi connectivity index (χ2v) is 5.30. The van der Waals surface area contributed by atoms with Crippen molar-refractivity contribution in [1.82, 2.24) is 4.90 Å². The van der Waals surface area contributed by atoms with Gasteiger partial charge in [0.05, 0.1) is 4.92 Å². The molecule has 1 aliphatic rings. The first-order chi connectivity index (χ1) is 9.82. The molecule has 7 nitrogen and oxygen atoms in total. The summed E-state index contributed by atoms with van der Waals surface area (Å²) in [6.45, 7) is 3.79. The molecule has 1 aliphatic heterocycles. The number of hydrogen-bond donors (Lipinski definition) is 1. The smallest absolute Gasteiger partial charge is 0.326 e. The van der Waals surface area contributed by atoms with Crippen LogP contribution in [0, 0.1) is 23.0 Å². The molecule has 0 bridgehead atoms. The zero-order chi connectivity index (χ0) is 15.7. The van der Waals surface area contributed by atoms with Crippen molar-refractivity contribution in [3.05, 3.63) is 39.4 Å². The molecule has 1 amide bonds. The number of nitrogens with zero attached hydrogens (tertiary/aromatic N) is 2. The molecule has 21 heavy (non-hydrogen) atoms. The molecule has 2 unspecified atom stereocenters. The molecule has 2 atom stereocenters. The minimum absolute atomic E-state index is 0.0892. The Labute approximate surface area is 121 Å². The summed E-state index contributed by atoms with van der Waals surface area (Å²) in [5, 5.41) is 20.0. The van der Waals surface area contributed by atoms with Crippen LogP contribution in [0.3, 0.4) is 0 Å². The molecule has 1 aromatic carbocycles. The fourth-order valence-electron chi connectivity index (χ4n) is 2.71. The van der Waals surface area contributed by atoms with Gasteiger partial charge in [-0.2, -0.15) is 0 Å². The molecule has 1 N–H and O–H groups in total. The van der Waals surface area contributed by atoms with E-state index in [1.807, 2.05) is 0 Å². The van der Waals surface area contributed by atoms with Gasteiger partial charge in [0, 0.05) is 24.2 Å². The van der Waals surface area contributed by atoms with Gasteiger partial charge in [0.2, 0.25) is 0 Å². The summed E-state index contributed by atoms with van der Waals surface area (Å²) in [5.74, 6) is -1.52. The molecule has 0 radical (unpaired) electrons. The summed E-state index contributed by atoms with van der Waals surface area (Å²) >= 11 is 0. The highest BCUT2D eigenvalue weighted by molar-refractivity contribution is 5.98. The minimum atomic E-state index is -1.02. The van der Waals surface area contributed by atoms with Crippen molar-refractivity contribution in [1.29, 1.82) is 0 Å². The van der Waals surface area contributed by atoms with E-state index in [1.54, 1.807) is 13.8 Å². The fraction of sp³-hybridized carbons (Fsp3) is 0.429. The highest BCUT2D eigenvalue weighted by Crippen LogP contribution is 2.27. The van der Waals surface area contributed by atoms with Crippen molar-refractivity contribution >= 4 is 17.6 Å². The maximum absolute atomic E-state index is 12.5. The Morgan fingerprint density at radius 2 is 2.10 bits per heavy atom. The fourth-order valence-corrected chi connectivity index (χ4v) is 2.71. The van der Waals surface area contributed by atoms with Gasteiger partial charge in [-0.15, -0.1) is 0 Å². The number of rotatable bonds is 3. The Bertz CT molecular complexity index is 613. The predicted octanol–water partition coefficient (Wildman–Crippen LogP) is 1.84. The summed E-state index contributed by atoms with van der Waals surface area (Å²) in [6, 6.07) is 3.13. The van der Waals surface area contributed by atoms with Crippen molar-refractivity contribution in [2.24, 2.45) is 5.92 Å². The van der Waals surface area contributed by atoms with E-state index in [2.05, 4.69) is 0 Å². The zero-order valence-electron chi connectivity index (χ0n) is 11.8. The summed E-state index contributed by atoms with van der Waals surface area (Å²) in [6.07, 6.45) is 0.634. The topological polar surface area (TPSA) is 101 Å². The van der Waals surface area contributed by atoms with Gasteiger partial charge in [0.15, 0.2) is 0 Å². The Morgan fingerprint density at radius 1 is 1.43 bits per heavy atom. The van der Waals surface area contributed by atoms with Gasteiger partial charge in [-0.1, -0.05) is 6.92 Å². The number of amides is 1. The quantitative estimate of drug-likeness (QED) is 0.676. The maximum Gasteiger partial charge on any atom is 0.326 e. The Kier molecular flexibility index (Phi) is 3.93. The lowest BCUT2D eigenvalue weighted by Gasteiger charge is -2.24. The summed E-state index contributed by atoms with van der Waals surface area (Å²) in [5.41, 5.74) is 0.687. The molecule has 1 heterocycles. The van der Waals surface area contributed by atoms with Crippen molar-refractivity contribution in [3.63, 3.8) is 0 Å². The number of nitro benzene ring substituents is 1. The van der Waals surface area contributed by atoms with E-state index >= 15 is 0 Å². The molecular weight excluding hydrogens is 276 g/mol. The third-order valence-corrected chi connectivity index (χ3v) is 3.87. The first-order valence-electron chi connectivity index (χ1n) is 6.61. The third kappa shape index (κ3) is 2.72. The average Bonchev–Trinajstić information content (AvgIpc) is 2.79. The molecule has 112 valence electrons. The SMILES string of the molecule is Cc1cc([N+](=O)[O-])ccc1C(=O)N1CCC(C)C1C(=O)O. The van der Waals surface area contributed by atoms with E-state index in [1.165, 1.54) is 23.1 Å². The van der Waals surface area contributed by atoms with Crippen molar-refractivity contribution in [2.75, 3.05) is 6.54 Å². The van der Waals surface area contributed by atoms with Crippen LogP contribution in [0.1, 0.15) is 29.3 Å². The normalized spacial score (nSPS) is 21.3. The largest absolute Gasteiger partial charge is 0.480 e. The second-order valence-electron chi connectivity index (χ2n) is 5.30. The molecule has 0 saturated carbocycles. The van der Waals surface area contributed by atoms with Crippen LogP contribution >= 0.6 is 0 Å². The lowest BCUT2D eigenvalue weighted by atomic mass is 10.0. The molecule has 0 aromatic heterocycles. The second kappa shape index (κ2) is 5.51. The predicted molar refractivity (Wildman–Crippen MR) is 74.1 cm³/mol. The number of aryl methyl sites for hydroxylation is 1. The van der Waals surface area contributed by atoms with E-state index in [4.69, 9.17) is 0 Å². The number of carbonyl (C=O) groups is 2. The summed E-state index contributed by atoms with van der Waals surface area (Å²) in [4.78, 5) is 35.3. The summed E-state index contributed by atoms with van der Waals surface area (Å²) < 4.78 is 0. The lowest BCUT2D eigenvalue weighted by Crippen LogP contribution is -2.43. The number of non-ortho nitro benzene ring substituents is 1.